The summed E-state index contributed by atoms with van der Waals surface area (Å²) in [4.78, 5) is -0.220. The van der Waals surface area contributed by atoms with Crippen molar-refractivity contribution in [2.24, 2.45) is 0 Å². The van der Waals surface area contributed by atoms with Crippen molar-refractivity contribution in [1.29, 1.82) is 0 Å². The fourth-order valence-electron chi connectivity index (χ4n) is 1.62. The summed E-state index contributed by atoms with van der Waals surface area (Å²) in [6.45, 7) is 0. The van der Waals surface area contributed by atoms with Gasteiger partial charge in [-0.05, 0) is 36.4 Å². The minimum atomic E-state index is -4.22. The fourth-order valence-corrected chi connectivity index (χ4v) is 2.10. The number of benzene rings is 2. The Labute approximate surface area is 116 Å². The molecule has 0 spiro atoms. The topological polar surface area (TPSA) is 107 Å². The van der Waals surface area contributed by atoms with Crippen molar-refractivity contribution in [3.63, 3.8) is 0 Å². The lowest BCUT2D eigenvalue weighted by Crippen LogP contribution is -2.09. The van der Waals surface area contributed by atoms with Crippen LogP contribution in [0.15, 0.2) is 53.4 Å². The van der Waals surface area contributed by atoms with E-state index in [4.69, 9.17) is 9.66 Å². The lowest BCUT2D eigenvalue weighted by Gasteiger charge is -2.14. The number of hydrogen-bond donors (Lipinski definition) is 4. The lowest BCUT2D eigenvalue weighted by molar-refractivity contribution is 0.208. The van der Waals surface area contributed by atoms with Crippen LogP contribution in [0.1, 0.15) is 11.8 Å². The Morgan fingerprint density at radius 3 is 2.00 bits per heavy atom. The standard InChI is InChI=1S/C13H13NO5S/c15-11-5-1-9(2-6-11)13(16)14-10-3-7-12(8-4-10)20(17,18)19/h1-8,13-16H,(H,17,18,19). The first-order chi connectivity index (χ1) is 9.36. The molecule has 0 aliphatic carbocycles. The van der Waals surface area contributed by atoms with Gasteiger partial charge in [-0.25, -0.2) is 0 Å². The Morgan fingerprint density at radius 1 is 0.950 bits per heavy atom. The molecule has 0 radical (unpaired) electrons. The van der Waals surface area contributed by atoms with E-state index >= 15 is 0 Å². The molecule has 0 saturated heterocycles. The summed E-state index contributed by atoms with van der Waals surface area (Å²) < 4.78 is 30.6. The lowest BCUT2D eigenvalue weighted by atomic mass is 10.2. The second-order valence-electron chi connectivity index (χ2n) is 4.14. The number of rotatable bonds is 4. The third-order valence-corrected chi connectivity index (χ3v) is 3.53. The maximum absolute atomic E-state index is 10.9. The predicted octanol–water partition coefficient (Wildman–Crippen LogP) is 1.74. The summed E-state index contributed by atoms with van der Waals surface area (Å²) in [5.74, 6) is 0.0958. The largest absolute Gasteiger partial charge is 0.508 e. The van der Waals surface area contributed by atoms with Gasteiger partial charge in [0.1, 0.15) is 5.75 Å². The van der Waals surface area contributed by atoms with Crippen molar-refractivity contribution in [1.82, 2.24) is 0 Å². The number of aliphatic hydroxyl groups excluding tert-OH is 1. The van der Waals surface area contributed by atoms with Crippen LogP contribution in [0.5, 0.6) is 5.75 Å². The van der Waals surface area contributed by atoms with E-state index in [-0.39, 0.29) is 10.6 Å². The highest BCUT2D eigenvalue weighted by atomic mass is 32.2. The van der Waals surface area contributed by atoms with Gasteiger partial charge < -0.3 is 15.5 Å². The van der Waals surface area contributed by atoms with E-state index in [1.165, 1.54) is 36.4 Å². The molecule has 1 unspecified atom stereocenters. The van der Waals surface area contributed by atoms with Gasteiger partial charge in [0.05, 0.1) is 4.90 Å². The van der Waals surface area contributed by atoms with Crippen LogP contribution in [-0.2, 0) is 10.1 Å². The van der Waals surface area contributed by atoms with Crippen molar-refractivity contribution in [3.05, 3.63) is 54.1 Å². The van der Waals surface area contributed by atoms with Crippen LogP contribution in [0.4, 0.5) is 5.69 Å². The molecule has 2 aromatic rings. The van der Waals surface area contributed by atoms with Gasteiger partial charge in [-0.3, -0.25) is 4.55 Å². The highest BCUT2D eigenvalue weighted by Gasteiger charge is 2.10. The van der Waals surface area contributed by atoms with E-state index in [1.54, 1.807) is 12.1 Å². The highest BCUT2D eigenvalue weighted by Crippen LogP contribution is 2.20. The van der Waals surface area contributed by atoms with Crippen LogP contribution in [0.25, 0.3) is 0 Å². The van der Waals surface area contributed by atoms with Crippen molar-refractivity contribution in [2.45, 2.75) is 11.1 Å². The number of aromatic hydroxyl groups is 1. The van der Waals surface area contributed by atoms with Crippen molar-refractivity contribution in [3.8, 4) is 5.75 Å². The monoisotopic (exact) mass is 295 g/mol. The SMILES string of the molecule is O=S(=O)(O)c1ccc(NC(O)c2ccc(O)cc2)cc1. The maximum atomic E-state index is 10.9. The number of hydrogen-bond acceptors (Lipinski definition) is 5. The molecule has 0 aromatic heterocycles. The maximum Gasteiger partial charge on any atom is 0.294 e. The molecule has 0 saturated carbocycles. The molecule has 1 atom stereocenters. The summed E-state index contributed by atoms with van der Waals surface area (Å²) in [6, 6.07) is 11.3. The van der Waals surface area contributed by atoms with Crippen LogP contribution < -0.4 is 5.32 Å². The van der Waals surface area contributed by atoms with Gasteiger partial charge in [0.2, 0.25) is 0 Å². The van der Waals surface area contributed by atoms with Gasteiger partial charge >= 0.3 is 0 Å². The molecule has 4 N–H and O–H groups in total. The Balaban J connectivity index is 2.12. The van der Waals surface area contributed by atoms with Crippen LogP contribution in [0, 0.1) is 0 Å². The molecule has 20 heavy (non-hydrogen) atoms. The molecular weight excluding hydrogens is 282 g/mol. The van der Waals surface area contributed by atoms with E-state index in [9.17, 15) is 13.5 Å². The van der Waals surface area contributed by atoms with Gasteiger partial charge in [-0.2, -0.15) is 8.42 Å². The zero-order valence-electron chi connectivity index (χ0n) is 10.3. The van der Waals surface area contributed by atoms with E-state index < -0.39 is 16.3 Å². The van der Waals surface area contributed by atoms with Gasteiger partial charge in [-0.15, -0.1) is 0 Å². The number of nitrogens with one attached hydrogen (secondary N) is 1. The number of phenolic OH excluding ortho intramolecular Hbond substituents is 1. The van der Waals surface area contributed by atoms with Gasteiger partial charge in [0, 0.05) is 11.3 Å². The number of aliphatic hydroxyl groups is 1. The highest BCUT2D eigenvalue weighted by molar-refractivity contribution is 7.85. The van der Waals surface area contributed by atoms with Crippen LogP contribution >= 0.6 is 0 Å². The van der Waals surface area contributed by atoms with Crippen molar-refractivity contribution >= 4 is 15.8 Å². The Bertz CT molecular complexity index is 680. The van der Waals surface area contributed by atoms with Gasteiger partial charge in [0.25, 0.3) is 10.1 Å². The summed E-state index contributed by atoms with van der Waals surface area (Å²) >= 11 is 0. The Morgan fingerprint density at radius 2 is 1.50 bits per heavy atom. The van der Waals surface area contributed by atoms with E-state index in [0.717, 1.165) is 0 Å². The van der Waals surface area contributed by atoms with Crippen molar-refractivity contribution in [2.75, 3.05) is 5.32 Å². The second kappa shape index (κ2) is 5.49. The predicted molar refractivity (Wildman–Crippen MR) is 72.9 cm³/mol. The number of phenols is 1. The molecule has 6 nitrogen and oxygen atoms in total. The average molecular weight is 295 g/mol. The zero-order valence-corrected chi connectivity index (χ0v) is 11.1. The third kappa shape index (κ3) is 3.47. The molecule has 0 heterocycles. The molecule has 0 aliphatic heterocycles. The quantitative estimate of drug-likeness (QED) is 0.505. The number of anilines is 1. The average Bonchev–Trinajstić information content (AvgIpc) is 2.39. The first-order valence-electron chi connectivity index (χ1n) is 5.67. The first kappa shape index (κ1) is 14.3. The fraction of sp³-hybridized carbons (Fsp3) is 0.0769. The molecule has 0 amide bonds. The molecule has 2 rings (SSSR count). The molecule has 2 aromatic carbocycles. The summed E-state index contributed by atoms with van der Waals surface area (Å²) in [5.41, 5.74) is 1.03. The molecule has 0 aliphatic rings. The summed E-state index contributed by atoms with van der Waals surface area (Å²) in [5, 5.41) is 21.8. The smallest absolute Gasteiger partial charge is 0.294 e. The van der Waals surface area contributed by atoms with Crippen LogP contribution in [0.2, 0.25) is 0 Å². The summed E-state index contributed by atoms with van der Waals surface area (Å²) in [6.07, 6.45) is -1.01. The van der Waals surface area contributed by atoms with E-state index in [2.05, 4.69) is 5.32 Å². The molecule has 7 heteroatoms. The minimum absolute atomic E-state index is 0.0958. The van der Waals surface area contributed by atoms with Crippen LogP contribution in [-0.4, -0.2) is 23.2 Å². The van der Waals surface area contributed by atoms with Crippen LogP contribution in [0.3, 0.4) is 0 Å². The first-order valence-corrected chi connectivity index (χ1v) is 7.11. The van der Waals surface area contributed by atoms with Crippen molar-refractivity contribution < 1.29 is 23.2 Å². The zero-order chi connectivity index (χ0) is 14.8. The third-order valence-electron chi connectivity index (χ3n) is 2.66. The normalized spacial score (nSPS) is 12.9. The molecule has 106 valence electrons. The Hall–Kier alpha value is -2.09. The molecule has 0 fully saturated rings. The molecular formula is C13H13NO5S. The van der Waals surface area contributed by atoms with E-state index in [0.29, 0.717) is 11.3 Å². The molecule has 0 bridgehead atoms. The Kier molecular flexibility index (Phi) is 3.93. The van der Waals surface area contributed by atoms with E-state index in [1.807, 2.05) is 0 Å². The second-order valence-corrected chi connectivity index (χ2v) is 5.56. The minimum Gasteiger partial charge on any atom is -0.508 e. The van der Waals surface area contributed by atoms with Gasteiger partial charge in [0.15, 0.2) is 6.23 Å². The van der Waals surface area contributed by atoms with Gasteiger partial charge in [-0.1, -0.05) is 12.1 Å². The summed E-state index contributed by atoms with van der Waals surface area (Å²) in [7, 11) is -4.22.